The Kier molecular flexibility index (Phi) is 3.95. The minimum atomic E-state index is -1.37. The average molecular weight is 335 g/mol. The molecule has 4 heteroatoms. The Morgan fingerprint density at radius 1 is 1.25 bits per heavy atom. The normalized spacial score (nSPS) is 41.3. The first-order valence-corrected chi connectivity index (χ1v) is 9.49. The lowest BCUT2D eigenvalue weighted by atomic mass is 9.44. The fraction of sp³-hybridized carbons (Fsp3) is 0.900. The molecule has 3 rings (SSSR count). The Morgan fingerprint density at radius 3 is 2.54 bits per heavy atom. The number of Topliss-reactive ketones (excluding diaryl/α,β-unsaturated/α-hetero) is 1. The summed E-state index contributed by atoms with van der Waals surface area (Å²) in [6.45, 7) is 10.2. The van der Waals surface area contributed by atoms with Gasteiger partial charge >= 0.3 is 0 Å². The van der Waals surface area contributed by atoms with Crippen molar-refractivity contribution in [3.8, 4) is 0 Å². The van der Waals surface area contributed by atoms with Crippen LogP contribution in [0.5, 0.6) is 0 Å². The van der Waals surface area contributed by atoms with Crippen LogP contribution in [0.25, 0.3) is 0 Å². The molecule has 4 atom stereocenters. The minimum Gasteiger partial charge on any atom is -0.624 e. The highest BCUT2D eigenvalue weighted by atomic mass is 16.5. The summed E-state index contributed by atoms with van der Waals surface area (Å²) >= 11 is 0. The van der Waals surface area contributed by atoms with Gasteiger partial charge in [0.1, 0.15) is 5.60 Å². The summed E-state index contributed by atoms with van der Waals surface area (Å²) in [4.78, 5) is 12.6. The van der Waals surface area contributed by atoms with Crippen molar-refractivity contribution in [2.75, 3.05) is 0 Å². The first-order chi connectivity index (χ1) is 10.9. The molecule has 24 heavy (non-hydrogen) atoms. The number of aliphatic hydroxyl groups is 1. The van der Waals surface area contributed by atoms with Gasteiger partial charge in [-0.1, -0.05) is 27.2 Å². The van der Waals surface area contributed by atoms with Crippen molar-refractivity contribution >= 4 is 12.0 Å². The number of hydroxylamine groups is 1. The van der Waals surface area contributed by atoms with Gasteiger partial charge in [0.2, 0.25) is 0 Å². The van der Waals surface area contributed by atoms with Crippen LogP contribution < -0.4 is 0 Å². The third kappa shape index (κ3) is 2.44. The predicted octanol–water partition coefficient (Wildman–Crippen LogP) is 3.68. The number of fused-ring (bicyclic) bond motifs is 3. The van der Waals surface area contributed by atoms with E-state index in [2.05, 4.69) is 20.8 Å². The molecule has 0 unspecified atom stereocenters. The van der Waals surface area contributed by atoms with Gasteiger partial charge in [-0.05, 0) is 49.9 Å². The molecule has 0 aromatic heterocycles. The van der Waals surface area contributed by atoms with Gasteiger partial charge in [0.05, 0.1) is 6.42 Å². The monoisotopic (exact) mass is 335 g/mol. The van der Waals surface area contributed by atoms with Gasteiger partial charge in [-0.15, -0.1) is 0 Å². The largest absolute Gasteiger partial charge is 0.624 e. The van der Waals surface area contributed by atoms with E-state index >= 15 is 0 Å². The summed E-state index contributed by atoms with van der Waals surface area (Å²) in [7, 11) is 0. The molecule has 136 valence electrons. The summed E-state index contributed by atoms with van der Waals surface area (Å²) in [6, 6.07) is 0. The molecule has 0 bridgehead atoms. The zero-order chi connectivity index (χ0) is 18.0. The lowest BCUT2D eigenvalue weighted by Gasteiger charge is -2.59. The Labute approximate surface area is 145 Å². The second-order valence-corrected chi connectivity index (χ2v) is 10.00. The molecular formula is C20H33NO3. The van der Waals surface area contributed by atoms with E-state index in [4.69, 9.17) is 0 Å². The molecule has 1 heterocycles. The number of hydrogen-bond acceptors (Lipinski definition) is 3. The number of hydrogen-bond donors (Lipinski definition) is 1. The summed E-state index contributed by atoms with van der Waals surface area (Å²) in [5, 5.41) is 22.9. The van der Waals surface area contributed by atoms with E-state index in [9.17, 15) is 15.1 Å². The molecule has 4 nitrogen and oxygen atoms in total. The Hall–Kier alpha value is -0.900. The molecule has 2 saturated carbocycles. The van der Waals surface area contributed by atoms with E-state index in [1.54, 1.807) is 6.21 Å². The van der Waals surface area contributed by atoms with Crippen LogP contribution in [-0.2, 0) is 4.79 Å². The SMILES string of the molecule is CC(C)(O)C(=O)C[C@@]12CC[C@H]3C(C)(C)CCC[C@]3(C)[C@@H]1CC=[N+]2[O-]. The van der Waals surface area contributed by atoms with Crippen LogP contribution in [0.2, 0.25) is 0 Å². The Morgan fingerprint density at radius 2 is 1.92 bits per heavy atom. The highest BCUT2D eigenvalue weighted by Crippen LogP contribution is 2.64. The summed E-state index contributed by atoms with van der Waals surface area (Å²) < 4.78 is 1.09. The van der Waals surface area contributed by atoms with Gasteiger partial charge in [-0.25, -0.2) is 4.74 Å². The molecule has 2 fully saturated rings. The van der Waals surface area contributed by atoms with Crippen molar-refractivity contribution in [1.82, 2.24) is 0 Å². The second kappa shape index (κ2) is 5.30. The minimum absolute atomic E-state index is 0.107. The molecule has 0 amide bonds. The topological polar surface area (TPSA) is 63.4 Å². The molecule has 0 saturated heterocycles. The molecule has 1 aliphatic heterocycles. The quantitative estimate of drug-likeness (QED) is 0.632. The van der Waals surface area contributed by atoms with Crippen LogP contribution in [0.1, 0.15) is 79.6 Å². The average Bonchev–Trinajstić information content (AvgIpc) is 2.75. The fourth-order valence-electron chi connectivity index (χ4n) is 6.41. The van der Waals surface area contributed by atoms with Crippen molar-refractivity contribution in [3.63, 3.8) is 0 Å². The first-order valence-electron chi connectivity index (χ1n) is 9.49. The zero-order valence-electron chi connectivity index (χ0n) is 15.9. The van der Waals surface area contributed by atoms with Crippen LogP contribution in [0.4, 0.5) is 0 Å². The maximum absolute atomic E-state index is 12.8. The molecule has 2 aliphatic carbocycles. The van der Waals surface area contributed by atoms with Crippen molar-refractivity contribution < 1.29 is 14.6 Å². The fourth-order valence-corrected chi connectivity index (χ4v) is 6.41. The van der Waals surface area contributed by atoms with Crippen molar-refractivity contribution in [2.45, 2.75) is 90.7 Å². The summed E-state index contributed by atoms with van der Waals surface area (Å²) in [5.74, 6) is 0.613. The number of rotatable bonds is 3. The third-order valence-corrected chi connectivity index (χ3v) is 7.68. The van der Waals surface area contributed by atoms with Crippen molar-refractivity contribution in [3.05, 3.63) is 5.21 Å². The van der Waals surface area contributed by atoms with Crippen LogP contribution in [0.3, 0.4) is 0 Å². The number of carbonyl (C=O) groups is 1. The van der Waals surface area contributed by atoms with Gasteiger partial charge in [0.25, 0.3) is 0 Å². The van der Waals surface area contributed by atoms with Crippen LogP contribution in [-0.4, -0.2) is 33.0 Å². The smallest absolute Gasteiger partial charge is 0.183 e. The maximum atomic E-state index is 12.8. The molecule has 0 spiro atoms. The van der Waals surface area contributed by atoms with Crippen LogP contribution >= 0.6 is 0 Å². The molecular weight excluding hydrogens is 302 g/mol. The highest BCUT2D eigenvalue weighted by Gasteiger charge is 2.66. The Bertz CT molecular complexity index is 574. The van der Waals surface area contributed by atoms with E-state index in [0.717, 1.165) is 30.4 Å². The lowest BCUT2D eigenvalue weighted by Crippen LogP contribution is -2.60. The van der Waals surface area contributed by atoms with Crippen molar-refractivity contribution in [2.24, 2.45) is 22.7 Å². The van der Waals surface area contributed by atoms with Gasteiger partial charge in [-0.2, -0.15) is 0 Å². The third-order valence-electron chi connectivity index (χ3n) is 7.68. The van der Waals surface area contributed by atoms with Gasteiger partial charge in [0.15, 0.2) is 17.5 Å². The number of ketones is 1. The molecule has 0 aromatic carbocycles. The van der Waals surface area contributed by atoms with E-state index in [1.807, 2.05) is 0 Å². The van der Waals surface area contributed by atoms with Gasteiger partial charge in [0, 0.05) is 18.8 Å². The van der Waals surface area contributed by atoms with Gasteiger partial charge in [-0.3, -0.25) is 4.79 Å². The number of nitrogens with zero attached hydrogens (tertiary/aromatic N) is 1. The highest BCUT2D eigenvalue weighted by molar-refractivity contribution is 5.87. The van der Waals surface area contributed by atoms with Gasteiger partial charge < -0.3 is 10.3 Å². The second-order valence-electron chi connectivity index (χ2n) is 10.00. The molecule has 3 aliphatic rings. The van der Waals surface area contributed by atoms with Crippen LogP contribution in [0, 0.1) is 27.9 Å². The maximum Gasteiger partial charge on any atom is 0.183 e. The van der Waals surface area contributed by atoms with E-state index in [1.165, 1.54) is 26.7 Å². The molecule has 0 radical (unpaired) electrons. The van der Waals surface area contributed by atoms with E-state index in [-0.39, 0.29) is 23.5 Å². The summed E-state index contributed by atoms with van der Waals surface area (Å²) in [5.41, 5.74) is -1.60. The molecule has 1 N–H and O–H groups in total. The van der Waals surface area contributed by atoms with E-state index < -0.39 is 11.1 Å². The Balaban J connectivity index is 1.98. The first kappa shape index (κ1) is 17.9. The molecule has 0 aromatic rings. The van der Waals surface area contributed by atoms with Crippen molar-refractivity contribution in [1.29, 1.82) is 0 Å². The lowest BCUT2D eigenvalue weighted by molar-refractivity contribution is -0.557. The predicted molar refractivity (Wildman–Crippen MR) is 94.9 cm³/mol. The zero-order valence-corrected chi connectivity index (χ0v) is 15.9. The van der Waals surface area contributed by atoms with E-state index in [0.29, 0.717) is 11.3 Å². The number of carbonyl (C=O) groups excluding carboxylic acids is 1. The van der Waals surface area contributed by atoms with Crippen LogP contribution in [0.15, 0.2) is 0 Å². The standard InChI is InChI=1S/C20H33NO3/c1-17(2)9-6-10-19(5)14(17)7-11-20(13-16(22)18(3,4)23)15(19)8-12-21(20)24/h12,14-15,23H,6-11,13H2,1-5H3/t14-,15-,19-,20-/m0/s1. The summed E-state index contributed by atoms with van der Waals surface area (Å²) in [6.07, 6.45) is 8.07.